The first-order valence-corrected chi connectivity index (χ1v) is 1.82. The fourth-order valence-electron chi connectivity index (χ4n) is 0.0680. The van der Waals surface area contributed by atoms with Crippen LogP contribution in [-0.2, 0) is 8.28 Å². The molecule has 0 aromatic heterocycles. The highest BCUT2D eigenvalue weighted by Crippen LogP contribution is 1.94. The van der Waals surface area contributed by atoms with Crippen LogP contribution in [0.15, 0.2) is 0 Å². The summed E-state index contributed by atoms with van der Waals surface area (Å²) in [5, 5.41) is 0. The fourth-order valence-corrected chi connectivity index (χ4v) is 0.204. The van der Waals surface area contributed by atoms with Crippen molar-refractivity contribution in [2.45, 2.75) is 0 Å². The number of hydrogen-bond acceptors (Lipinski definition) is 3. The molecule has 0 aromatic rings. The van der Waals surface area contributed by atoms with Crippen LogP contribution < -0.4 is 0 Å². The monoisotopic (exact) mass is 92.0 g/mol. The minimum Gasteiger partial charge on any atom is -0.364 e. The van der Waals surface area contributed by atoms with Crippen molar-refractivity contribution in [3.63, 3.8) is 0 Å². The normalized spacial score (nSPS) is 8.20. The molecular weight excluding hydrogens is 86.9 g/mol. The Balaban J connectivity index is 2.19. The summed E-state index contributed by atoms with van der Waals surface area (Å²) in [5.74, 6) is 0. The van der Waals surface area contributed by atoms with Crippen molar-refractivity contribution in [1.82, 2.24) is 0 Å². The average molecular weight is 91.9 g/mol. The molecule has 0 aromatic carbocycles. The molecule has 0 saturated heterocycles. The lowest BCUT2D eigenvalue weighted by molar-refractivity contribution is 0.448. The van der Waals surface area contributed by atoms with Gasteiger partial charge in [0.05, 0.1) is 7.11 Å². The van der Waals surface area contributed by atoms with E-state index in [9.17, 15) is 0 Å². The SMILES string of the molecule is BOSOC. The molecule has 0 aliphatic heterocycles. The van der Waals surface area contributed by atoms with E-state index in [0.29, 0.717) is 0 Å². The summed E-state index contributed by atoms with van der Waals surface area (Å²) in [7, 11) is 3.10. The quantitative estimate of drug-likeness (QED) is 0.346. The molecule has 0 radical (unpaired) electrons. The van der Waals surface area contributed by atoms with Gasteiger partial charge in [0.15, 0.2) is 0 Å². The van der Waals surface area contributed by atoms with Crippen LogP contribution >= 0.6 is 12.3 Å². The first-order valence-electron chi connectivity index (χ1n) is 1.15. The topological polar surface area (TPSA) is 18.5 Å². The molecule has 30 valence electrons. The highest BCUT2D eigenvalue weighted by atomic mass is 32.2. The van der Waals surface area contributed by atoms with Crippen molar-refractivity contribution < 1.29 is 8.28 Å². The van der Waals surface area contributed by atoms with Gasteiger partial charge in [-0.3, -0.25) is 4.18 Å². The van der Waals surface area contributed by atoms with Gasteiger partial charge in [0.2, 0.25) is 0 Å². The maximum absolute atomic E-state index is 4.39. The molecule has 0 spiro atoms. The summed E-state index contributed by atoms with van der Waals surface area (Å²) < 4.78 is 8.77. The second kappa shape index (κ2) is 4.33. The molecule has 0 unspecified atom stereocenters. The first kappa shape index (κ1) is 5.33. The van der Waals surface area contributed by atoms with Crippen LogP contribution in [0.4, 0.5) is 0 Å². The van der Waals surface area contributed by atoms with E-state index in [1.807, 2.05) is 0 Å². The second-order valence-corrected chi connectivity index (χ2v) is 1.20. The van der Waals surface area contributed by atoms with Gasteiger partial charge >= 0.3 is 0 Å². The van der Waals surface area contributed by atoms with Crippen molar-refractivity contribution in [1.29, 1.82) is 0 Å². The largest absolute Gasteiger partial charge is 0.364 e. The summed E-state index contributed by atoms with van der Waals surface area (Å²) >= 11 is 0.963. The van der Waals surface area contributed by atoms with Crippen LogP contribution in [0.2, 0.25) is 0 Å². The van der Waals surface area contributed by atoms with Gasteiger partial charge in [0.1, 0.15) is 12.3 Å². The fraction of sp³-hybridized carbons (Fsp3) is 1.00. The maximum atomic E-state index is 4.39. The predicted molar refractivity (Wildman–Crippen MR) is 24.2 cm³/mol. The van der Waals surface area contributed by atoms with Crippen molar-refractivity contribution in [2.75, 3.05) is 7.11 Å². The number of hydrogen-bond donors (Lipinski definition) is 0. The van der Waals surface area contributed by atoms with Gasteiger partial charge in [-0.05, 0) is 0 Å². The summed E-state index contributed by atoms with van der Waals surface area (Å²) in [4.78, 5) is 0. The molecule has 0 rings (SSSR count). The molecule has 0 atom stereocenters. The van der Waals surface area contributed by atoms with Crippen LogP contribution in [0.25, 0.3) is 0 Å². The van der Waals surface area contributed by atoms with Crippen molar-refractivity contribution in [3.8, 4) is 0 Å². The Kier molecular flexibility index (Phi) is 4.63. The van der Waals surface area contributed by atoms with Gasteiger partial charge in [0, 0.05) is 0 Å². The van der Waals surface area contributed by atoms with E-state index in [2.05, 4.69) is 8.28 Å². The Bertz CT molecular complexity index is 17.1. The van der Waals surface area contributed by atoms with Crippen LogP contribution in [0.5, 0.6) is 0 Å². The van der Waals surface area contributed by atoms with E-state index < -0.39 is 0 Å². The van der Waals surface area contributed by atoms with Crippen LogP contribution in [0, 0.1) is 0 Å². The van der Waals surface area contributed by atoms with Gasteiger partial charge < -0.3 is 4.10 Å². The van der Waals surface area contributed by atoms with Gasteiger partial charge in [-0.2, -0.15) is 0 Å². The van der Waals surface area contributed by atoms with Gasteiger partial charge in [-0.15, -0.1) is 0 Å². The molecule has 0 aliphatic carbocycles. The van der Waals surface area contributed by atoms with Crippen LogP contribution in [0.3, 0.4) is 0 Å². The zero-order chi connectivity index (χ0) is 4.12. The predicted octanol–water partition coefficient (Wildman–Crippen LogP) is -0.239. The summed E-state index contributed by atoms with van der Waals surface area (Å²) in [6.45, 7) is 0. The minimum atomic E-state index is 0.963. The molecule has 4 heteroatoms. The summed E-state index contributed by atoms with van der Waals surface area (Å²) in [6.07, 6.45) is 0. The standard InChI is InChI=1S/CH5BO2S/c1-3-5-4-2/h2H2,1H3. The first-order chi connectivity index (χ1) is 2.41. The van der Waals surface area contributed by atoms with E-state index in [4.69, 9.17) is 0 Å². The van der Waals surface area contributed by atoms with Crippen molar-refractivity contribution in [2.24, 2.45) is 0 Å². The van der Waals surface area contributed by atoms with E-state index in [0.717, 1.165) is 12.3 Å². The molecule has 0 saturated carbocycles. The third-order valence-corrected chi connectivity index (χ3v) is 0.408. The van der Waals surface area contributed by atoms with Crippen molar-refractivity contribution >= 4 is 20.4 Å². The van der Waals surface area contributed by atoms with Crippen LogP contribution in [0.1, 0.15) is 0 Å². The lowest BCUT2D eigenvalue weighted by atomic mass is 10.6. The van der Waals surface area contributed by atoms with Crippen molar-refractivity contribution in [3.05, 3.63) is 0 Å². The third-order valence-electron chi connectivity index (χ3n) is 0.136. The lowest BCUT2D eigenvalue weighted by Gasteiger charge is -1.84. The van der Waals surface area contributed by atoms with E-state index in [1.165, 1.54) is 0 Å². The van der Waals surface area contributed by atoms with Gasteiger partial charge in [-0.1, -0.05) is 0 Å². The number of rotatable bonds is 2. The molecule has 0 amide bonds. The van der Waals surface area contributed by atoms with Gasteiger partial charge in [0.25, 0.3) is 8.05 Å². The minimum absolute atomic E-state index is 0.963. The smallest absolute Gasteiger partial charge is 0.280 e. The van der Waals surface area contributed by atoms with E-state index in [-0.39, 0.29) is 0 Å². The lowest BCUT2D eigenvalue weighted by Crippen LogP contribution is -1.67. The molecular formula is CH5BO2S. The second-order valence-electron chi connectivity index (χ2n) is 0.401. The molecule has 0 heterocycles. The highest BCUT2D eigenvalue weighted by Gasteiger charge is 1.66. The third kappa shape index (κ3) is 4.33. The summed E-state index contributed by atoms with van der Waals surface area (Å²) in [6, 6.07) is 0. The van der Waals surface area contributed by atoms with E-state index >= 15 is 0 Å². The maximum Gasteiger partial charge on any atom is 0.280 e. The zero-order valence-electron chi connectivity index (χ0n) is 3.22. The zero-order valence-corrected chi connectivity index (χ0v) is 4.04. The average Bonchev–Trinajstić information content (AvgIpc) is 1.41. The Morgan fingerprint density at radius 3 is 2.40 bits per heavy atom. The molecule has 0 fully saturated rings. The Morgan fingerprint density at radius 1 is 1.80 bits per heavy atom. The Labute approximate surface area is 36.7 Å². The highest BCUT2D eigenvalue weighted by molar-refractivity contribution is 7.90. The Morgan fingerprint density at radius 2 is 2.40 bits per heavy atom. The molecule has 5 heavy (non-hydrogen) atoms. The van der Waals surface area contributed by atoms with E-state index in [1.54, 1.807) is 15.2 Å². The van der Waals surface area contributed by atoms with Gasteiger partial charge in [-0.25, -0.2) is 0 Å². The molecule has 0 aliphatic rings. The molecule has 0 bridgehead atoms. The summed E-state index contributed by atoms with van der Waals surface area (Å²) in [5.41, 5.74) is 0. The van der Waals surface area contributed by atoms with Crippen LogP contribution in [-0.4, -0.2) is 15.2 Å². The molecule has 0 N–H and O–H groups in total. The Hall–Kier alpha value is 0.335. The molecule has 2 nitrogen and oxygen atoms in total.